The van der Waals surface area contributed by atoms with Crippen LogP contribution in [0.1, 0.15) is 0 Å². The Morgan fingerprint density at radius 1 is 0.800 bits per heavy atom. The Morgan fingerprint density at radius 3 is 2.30 bits per heavy atom. The van der Waals surface area contributed by atoms with E-state index in [-0.39, 0.29) is 5.82 Å². The van der Waals surface area contributed by atoms with Crippen LogP contribution >= 0.6 is 0 Å². The van der Waals surface area contributed by atoms with Gasteiger partial charge >= 0.3 is 0 Å². The fraction of sp³-hybridized carbons (Fsp3) is 0. The SMILES string of the molecule is Fc1ccc(-c2cc(F)cnc2-c2ccccn2)cc1. The minimum atomic E-state index is -0.441. The van der Waals surface area contributed by atoms with Gasteiger partial charge < -0.3 is 0 Å². The van der Waals surface area contributed by atoms with Gasteiger partial charge in [-0.2, -0.15) is 0 Å². The molecule has 0 amide bonds. The van der Waals surface area contributed by atoms with Gasteiger partial charge in [0.2, 0.25) is 0 Å². The number of hydrogen-bond donors (Lipinski definition) is 0. The molecule has 0 radical (unpaired) electrons. The first-order chi connectivity index (χ1) is 9.74. The third kappa shape index (κ3) is 2.40. The van der Waals surface area contributed by atoms with Gasteiger partial charge in [0.05, 0.1) is 17.6 Å². The first-order valence-electron chi connectivity index (χ1n) is 6.07. The Hall–Kier alpha value is -2.62. The van der Waals surface area contributed by atoms with Crippen molar-refractivity contribution in [2.24, 2.45) is 0 Å². The summed E-state index contributed by atoms with van der Waals surface area (Å²) in [7, 11) is 0. The highest BCUT2D eigenvalue weighted by Crippen LogP contribution is 2.29. The lowest BCUT2D eigenvalue weighted by molar-refractivity contribution is 0.622. The molecule has 0 aliphatic heterocycles. The summed E-state index contributed by atoms with van der Waals surface area (Å²) in [6.07, 6.45) is 2.80. The highest BCUT2D eigenvalue weighted by Gasteiger charge is 2.11. The highest BCUT2D eigenvalue weighted by atomic mass is 19.1. The van der Waals surface area contributed by atoms with Crippen molar-refractivity contribution in [2.45, 2.75) is 0 Å². The molecule has 4 heteroatoms. The average molecular weight is 268 g/mol. The second-order valence-electron chi connectivity index (χ2n) is 4.27. The van der Waals surface area contributed by atoms with Gasteiger partial charge in [-0.05, 0) is 35.9 Å². The Labute approximate surface area is 114 Å². The molecule has 0 fully saturated rings. The fourth-order valence-corrected chi connectivity index (χ4v) is 2.00. The van der Waals surface area contributed by atoms with E-state index >= 15 is 0 Å². The van der Waals surface area contributed by atoms with Crippen LogP contribution in [-0.4, -0.2) is 9.97 Å². The largest absolute Gasteiger partial charge is 0.255 e. The molecule has 0 bridgehead atoms. The maximum atomic E-state index is 13.5. The Balaban J connectivity index is 2.19. The summed E-state index contributed by atoms with van der Waals surface area (Å²) in [5, 5.41) is 0. The Morgan fingerprint density at radius 2 is 1.60 bits per heavy atom. The van der Waals surface area contributed by atoms with Gasteiger partial charge in [-0.3, -0.25) is 9.97 Å². The quantitative estimate of drug-likeness (QED) is 0.699. The molecule has 3 rings (SSSR count). The maximum absolute atomic E-state index is 13.5. The zero-order chi connectivity index (χ0) is 13.9. The van der Waals surface area contributed by atoms with Crippen molar-refractivity contribution in [3.05, 3.63) is 72.6 Å². The van der Waals surface area contributed by atoms with Gasteiger partial charge in [0.25, 0.3) is 0 Å². The standard InChI is InChI=1S/C16H10F2N2/c17-12-6-4-11(5-7-12)14-9-13(18)10-20-16(14)15-3-1-2-8-19-15/h1-10H. The number of benzene rings is 1. The number of pyridine rings is 2. The topological polar surface area (TPSA) is 25.8 Å². The fourth-order valence-electron chi connectivity index (χ4n) is 2.00. The Kier molecular flexibility index (Phi) is 3.21. The lowest BCUT2D eigenvalue weighted by Gasteiger charge is -2.08. The van der Waals surface area contributed by atoms with E-state index in [0.717, 1.165) is 6.20 Å². The molecule has 0 unspecified atom stereocenters. The van der Waals surface area contributed by atoms with Crippen molar-refractivity contribution in [3.8, 4) is 22.5 Å². The van der Waals surface area contributed by atoms with E-state index in [2.05, 4.69) is 9.97 Å². The number of nitrogens with zero attached hydrogens (tertiary/aromatic N) is 2. The van der Waals surface area contributed by atoms with Gasteiger partial charge in [-0.15, -0.1) is 0 Å². The number of halogens is 2. The summed E-state index contributed by atoms with van der Waals surface area (Å²) in [6.45, 7) is 0. The van der Waals surface area contributed by atoms with Crippen molar-refractivity contribution in [1.82, 2.24) is 9.97 Å². The van der Waals surface area contributed by atoms with Crippen molar-refractivity contribution in [1.29, 1.82) is 0 Å². The van der Waals surface area contributed by atoms with E-state index in [1.807, 2.05) is 6.07 Å². The second-order valence-corrected chi connectivity index (χ2v) is 4.27. The number of aromatic nitrogens is 2. The molecular weight excluding hydrogens is 258 g/mol. The van der Waals surface area contributed by atoms with E-state index in [9.17, 15) is 8.78 Å². The van der Waals surface area contributed by atoms with Crippen LogP contribution < -0.4 is 0 Å². The zero-order valence-electron chi connectivity index (χ0n) is 10.4. The molecule has 20 heavy (non-hydrogen) atoms. The van der Waals surface area contributed by atoms with Crippen LogP contribution in [0.2, 0.25) is 0 Å². The molecule has 2 aromatic heterocycles. The summed E-state index contributed by atoms with van der Waals surface area (Å²) in [5.41, 5.74) is 2.49. The van der Waals surface area contributed by atoms with Crippen LogP contribution in [0.5, 0.6) is 0 Å². The third-order valence-electron chi connectivity index (χ3n) is 2.92. The van der Waals surface area contributed by atoms with Crippen LogP contribution in [0.3, 0.4) is 0 Å². The molecule has 0 N–H and O–H groups in total. The minimum absolute atomic E-state index is 0.336. The first kappa shape index (κ1) is 12.4. The smallest absolute Gasteiger partial charge is 0.142 e. The number of rotatable bonds is 2. The third-order valence-corrected chi connectivity index (χ3v) is 2.92. The van der Waals surface area contributed by atoms with Gasteiger partial charge in [0.1, 0.15) is 11.6 Å². The molecule has 0 atom stereocenters. The van der Waals surface area contributed by atoms with E-state index in [4.69, 9.17) is 0 Å². The van der Waals surface area contributed by atoms with Gasteiger partial charge in [0.15, 0.2) is 0 Å². The van der Waals surface area contributed by atoms with Crippen molar-refractivity contribution < 1.29 is 8.78 Å². The van der Waals surface area contributed by atoms with E-state index < -0.39 is 5.82 Å². The molecule has 0 aliphatic carbocycles. The van der Waals surface area contributed by atoms with Crippen LogP contribution in [0, 0.1) is 11.6 Å². The normalized spacial score (nSPS) is 10.5. The molecule has 1 aromatic carbocycles. The van der Waals surface area contributed by atoms with E-state index in [1.165, 1.54) is 18.2 Å². The summed E-state index contributed by atoms with van der Waals surface area (Å²) in [4.78, 5) is 8.34. The second kappa shape index (κ2) is 5.17. The van der Waals surface area contributed by atoms with Crippen molar-refractivity contribution >= 4 is 0 Å². The van der Waals surface area contributed by atoms with Gasteiger partial charge in [-0.25, -0.2) is 8.78 Å². The predicted octanol–water partition coefficient (Wildman–Crippen LogP) is 4.09. The van der Waals surface area contributed by atoms with E-state index in [1.54, 1.807) is 30.5 Å². The maximum Gasteiger partial charge on any atom is 0.142 e. The van der Waals surface area contributed by atoms with Crippen LogP contribution in [0.15, 0.2) is 60.9 Å². The van der Waals surface area contributed by atoms with Crippen LogP contribution in [0.25, 0.3) is 22.5 Å². The molecule has 3 aromatic rings. The molecule has 2 heterocycles. The van der Waals surface area contributed by atoms with E-state index in [0.29, 0.717) is 22.5 Å². The summed E-state index contributed by atoms with van der Waals surface area (Å²) in [6, 6.07) is 12.7. The van der Waals surface area contributed by atoms with Gasteiger partial charge in [0, 0.05) is 11.8 Å². The van der Waals surface area contributed by atoms with Crippen molar-refractivity contribution in [2.75, 3.05) is 0 Å². The average Bonchev–Trinajstić information content (AvgIpc) is 2.49. The van der Waals surface area contributed by atoms with Crippen LogP contribution in [0.4, 0.5) is 8.78 Å². The lowest BCUT2D eigenvalue weighted by atomic mass is 10.0. The molecule has 0 saturated heterocycles. The first-order valence-corrected chi connectivity index (χ1v) is 6.07. The Bertz CT molecular complexity index is 725. The minimum Gasteiger partial charge on any atom is -0.255 e. The molecule has 0 spiro atoms. The molecule has 0 aliphatic rings. The lowest BCUT2D eigenvalue weighted by Crippen LogP contribution is -1.93. The van der Waals surface area contributed by atoms with Crippen molar-refractivity contribution in [3.63, 3.8) is 0 Å². The zero-order valence-corrected chi connectivity index (χ0v) is 10.4. The molecule has 2 nitrogen and oxygen atoms in total. The highest BCUT2D eigenvalue weighted by molar-refractivity contribution is 5.78. The van der Waals surface area contributed by atoms with Crippen LogP contribution in [-0.2, 0) is 0 Å². The number of hydrogen-bond acceptors (Lipinski definition) is 2. The summed E-state index contributed by atoms with van der Waals surface area (Å²) >= 11 is 0. The molecular formula is C16H10F2N2. The van der Waals surface area contributed by atoms with Gasteiger partial charge in [-0.1, -0.05) is 18.2 Å². The summed E-state index contributed by atoms with van der Waals surface area (Å²) < 4.78 is 26.5. The molecule has 0 saturated carbocycles. The summed E-state index contributed by atoms with van der Waals surface area (Å²) in [5.74, 6) is -0.776. The molecule has 98 valence electrons. The predicted molar refractivity (Wildman–Crippen MR) is 72.8 cm³/mol. The monoisotopic (exact) mass is 268 g/mol.